The molecule has 0 aromatic heterocycles. The summed E-state index contributed by atoms with van der Waals surface area (Å²) in [7, 11) is 1.53. The number of carbonyl (C=O) groups is 3. The third-order valence-electron chi connectivity index (χ3n) is 4.97. The number of para-hydroxylation sites is 2. The summed E-state index contributed by atoms with van der Waals surface area (Å²) in [5.41, 5.74) is 3.44. The Bertz CT molecular complexity index is 941. The van der Waals surface area contributed by atoms with E-state index in [4.69, 9.17) is 9.47 Å². The molecule has 2 amide bonds. The van der Waals surface area contributed by atoms with Gasteiger partial charge in [0.1, 0.15) is 5.75 Å². The topological polar surface area (TPSA) is 84.9 Å². The number of methoxy groups -OCH3 is 1. The Hall–Kier alpha value is -3.35. The first-order chi connectivity index (χ1) is 13.9. The number of rotatable bonds is 6. The fourth-order valence-electron chi connectivity index (χ4n) is 3.22. The number of nitrogens with zero attached hydrogens (tertiary/aromatic N) is 1. The summed E-state index contributed by atoms with van der Waals surface area (Å²) in [5.74, 6) is -1.24. The van der Waals surface area contributed by atoms with Crippen molar-refractivity contribution >= 4 is 29.2 Å². The van der Waals surface area contributed by atoms with Gasteiger partial charge in [-0.15, -0.1) is 0 Å². The van der Waals surface area contributed by atoms with Crippen molar-refractivity contribution in [3.8, 4) is 5.75 Å². The molecule has 2 aromatic carbocycles. The van der Waals surface area contributed by atoms with Crippen LogP contribution in [0.3, 0.4) is 0 Å². The molecule has 2 aromatic rings. The highest BCUT2D eigenvalue weighted by atomic mass is 16.5. The van der Waals surface area contributed by atoms with Gasteiger partial charge in [-0.2, -0.15) is 0 Å². The number of ether oxygens (including phenoxy) is 2. The van der Waals surface area contributed by atoms with E-state index in [9.17, 15) is 14.4 Å². The molecule has 1 saturated heterocycles. The summed E-state index contributed by atoms with van der Waals surface area (Å²) in [5, 5.41) is 2.70. The zero-order valence-corrected chi connectivity index (χ0v) is 16.7. The zero-order valence-electron chi connectivity index (χ0n) is 16.7. The number of hydrogen-bond donors (Lipinski definition) is 1. The second-order valence-electron chi connectivity index (χ2n) is 7.03. The van der Waals surface area contributed by atoms with E-state index in [2.05, 4.69) is 5.32 Å². The van der Waals surface area contributed by atoms with Crippen LogP contribution in [0.4, 0.5) is 11.4 Å². The minimum absolute atomic E-state index is 0.0374. The van der Waals surface area contributed by atoms with E-state index in [-0.39, 0.29) is 18.9 Å². The number of benzene rings is 2. The van der Waals surface area contributed by atoms with Gasteiger partial charge in [0.05, 0.1) is 18.7 Å². The van der Waals surface area contributed by atoms with Crippen molar-refractivity contribution < 1.29 is 23.9 Å². The lowest BCUT2D eigenvalue weighted by Crippen LogP contribution is -2.28. The van der Waals surface area contributed by atoms with Crippen molar-refractivity contribution in [3.63, 3.8) is 0 Å². The van der Waals surface area contributed by atoms with Gasteiger partial charge in [0.25, 0.3) is 5.91 Å². The minimum Gasteiger partial charge on any atom is -0.495 e. The molecular formula is C22H24N2O5. The number of esters is 1. The molecule has 7 nitrogen and oxygen atoms in total. The Morgan fingerprint density at radius 1 is 1.14 bits per heavy atom. The largest absolute Gasteiger partial charge is 0.495 e. The van der Waals surface area contributed by atoms with Gasteiger partial charge in [-0.1, -0.05) is 18.2 Å². The predicted octanol–water partition coefficient (Wildman–Crippen LogP) is 2.85. The van der Waals surface area contributed by atoms with Crippen LogP contribution in [-0.2, 0) is 19.1 Å². The lowest BCUT2D eigenvalue weighted by Gasteiger charge is -2.19. The monoisotopic (exact) mass is 396 g/mol. The first-order valence-electron chi connectivity index (χ1n) is 9.36. The van der Waals surface area contributed by atoms with Gasteiger partial charge in [0.15, 0.2) is 6.61 Å². The van der Waals surface area contributed by atoms with Gasteiger partial charge < -0.3 is 19.7 Å². The van der Waals surface area contributed by atoms with E-state index in [0.717, 1.165) is 11.1 Å². The molecule has 0 saturated carbocycles. The fraction of sp³-hybridized carbons (Fsp3) is 0.318. The van der Waals surface area contributed by atoms with Gasteiger partial charge in [-0.25, -0.2) is 0 Å². The van der Waals surface area contributed by atoms with Crippen LogP contribution in [0, 0.1) is 19.8 Å². The van der Waals surface area contributed by atoms with Gasteiger partial charge in [0.2, 0.25) is 5.91 Å². The average Bonchev–Trinajstić information content (AvgIpc) is 3.10. The summed E-state index contributed by atoms with van der Waals surface area (Å²) in [6.45, 7) is 3.73. The third-order valence-corrected chi connectivity index (χ3v) is 4.97. The van der Waals surface area contributed by atoms with Crippen LogP contribution in [0.1, 0.15) is 17.5 Å². The van der Waals surface area contributed by atoms with Gasteiger partial charge in [-0.3, -0.25) is 14.4 Å². The van der Waals surface area contributed by atoms with E-state index in [1.807, 2.05) is 32.0 Å². The van der Waals surface area contributed by atoms with Crippen LogP contribution in [-0.4, -0.2) is 38.0 Å². The highest BCUT2D eigenvalue weighted by Gasteiger charge is 2.37. The van der Waals surface area contributed by atoms with E-state index in [1.54, 1.807) is 24.3 Å². The second-order valence-corrected chi connectivity index (χ2v) is 7.03. The number of hydrogen-bond acceptors (Lipinski definition) is 5. The maximum absolute atomic E-state index is 12.4. The van der Waals surface area contributed by atoms with Crippen LogP contribution in [0.15, 0.2) is 42.5 Å². The average molecular weight is 396 g/mol. The SMILES string of the molecule is COc1ccccc1N1C[C@H](C(=O)OCC(=O)Nc2ccc(C)c(C)c2)CC1=O. The number of aryl methyl sites for hydroxylation is 2. The molecule has 1 N–H and O–H groups in total. The van der Waals surface area contributed by atoms with E-state index < -0.39 is 24.4 Å². The van der Waals surface area contributed by atoms with Gasteiger partial charge in [-0.05, 0) is 49.2 Å². The lowest BCUT2D eigenvalue weighted by molar-refractivity contribution is -0.151. The van der Waals surface area contributed by atoms with Crippen LogP contribution in [0.25, 0.3) is 0 Å². The summed E-state index contributed by atoms with van der Waals surface area (Å²) >= 11 is 0. The molecule has 1 fully saturated rings. The maximum Gasteiger partial charge on any atom is 0.311 e. The standard InChI is InChI=1S/C22H24N2O5/c1-14-8-9-17(10-15(14)2)23-20(25)13-29-22(27)16-11-21(26)24(12-16)18-6-4-5-7-19(18)28-3/h4-10,16H,11-13H2,1-3H3,(H,23,25)/t16-/m1/s1. The van der Waals surface area contributed by atoms with Crippen molar-refractivity contribution in [3.05, 3.63) is 53.6 Å². The van der Waals surface area contributed by atoms with E-state index in [0.29, 0.717) is 17.1 Å². The highest BCUT2D eigenvalue weighted by Crippen LogP contribution is 2.33. The molecule has 3 rings (SSSR count). The Morgan fingerprint density at radius 2 is 1.90 bits per heavy atom. The molecule has 0 spiro atoms. The van der Waals surface area contributed by atoms with Gasteiger partial charge >= 0.3 is 5.97 Å². The van der Waals surface area contributed by atoms with Crippen LogP contribution < -0.4 is 15.0 Å². The molecular weight excluding hydrogens is 372 g/mol. The van der Waals surface area contributed by atoms with Crippen LogP contribution >= 0.6 is 0 Å². The summed E-state index contributed by atoms with van der Waals surface area (Å²) in [6.07, 6.45) is 0.0374. The predicted molar refractivity (Wildman–Crippen MR) is 109 cm³/mol. The molecule has 0 unspecified atom stereocenters. The normalized spacial score (nSPS) is 15.9. The molecule has 1 aliphatic rings. The Balaban J connectivity index is 1.55. The number of anilines is 2. The molecule has 0 radical (unpaired) electrons. The molecule has 0 bridgehead atoms. The first kappa shape index (κ1) is 20.4. The fourth-order valence-corrected chi connectivity index (χ4v) is 3.22. The minimum atomic E-state index is -0.623. The molecule has 1 atom stereocenters. The Kier molecular flexibility index (Phi) is 6.16. The second kappa shape index (κ2) is 8.77. The quantitative estimate of drug-likeness (QED) is 0.759. The van der Waals surface area contributed by atoms with Crippen molar-refractivity contribution in [2.75, 3.05) is 30.5 Å². The Labute approximate surface area is 169 Å². The van der Waals surface area contributed by atoms with Crippen molar-refractivity contribution in [1.29, 1.82) is 0 Å². The lowest BCUT2D eigenvalue weighted by atomic mass is 10.1. The number of carbonyl (C=O) groups excluding carboxylic acids is 3. The van der Waals surface area contributed by atoms with Crippen molar-refractivity contribution in [2.45, 2.75) is 20.3 Å². The molecule has 29 heavy (non-hydrogen) atoms. The molecule has 7 heteroatoms. The van der Waals surface area contributed by atoms with E-state index in [1.165, 1.54) is 12.0 Å². The third kappa shape index (κ3) is 4.74. The van der Waals surface area contributed by atoms with Crippen LogP contribution in [0.2, 0.25) is 0 Å². The molecule has 1 aliphatic heterocycles. The van der Waals surface area contributed by atoms with Crippen molar-refractivity contribution in [2.24, 2.45) is 5.92 Å². The Morgan fingerprint density at radius 3 is 2.62 bits per heavy atom. The first-order valence-corrected chi connectivity index (χ1v) is 9.36. The van der Waals surface area contributed by atoms with Crippen molar-refractivity contribution in [1.82, 2.24) is 0 Å². The number of nitrogens with one attached hydrogen (secondary N) is 1. The van der Waals surface area contributed by atoms with Crippen LogP contribution in [0.5, 0.6) is 5.75 Å². The molecule has 1 heterocycles. The highest BCUT2D eigenvalue weighted by molar-refractivity contribution is 6.01. The molecule has 0 aliphatic carbocycles. The maximum atomic E-state index is 12.4. The van der Waals surface area contributed by atoms with E-state index >= 15 is 0 Å². The van der Waals surface area contributed by atoms with Gasteiger partial charge in [0, 0.05) is 18.7 Å². The summed E-state index contributed by atoms with van der Waals surface area (Å²) < 4.78 is 10.4. The molecule has 152 valence electrons. The summed E-state index contributed by atoms with van der Waals surface area (Å²) in [4.78, 5) is 38.3. The summed E-state index contributed by atoms with van der Waals surface area (Å²) in [6, 6.07) is 12.7. The zero-order chi connectivity index (χ0) is 21.0. The number of amides is 2. The smallest absolute Gasteiger partial charge is 0.311 e.